The highest BCUT2D eigenvalue weighted by molar-refractivity contribution is 7.13. The van der Waals surface area contributed by atoms with Crippen LogP contribution in [0.1, 0.15) is 33.1 Å². The summed E-state index contributed by atoms with van der Waals surface area (Å²) in [5.74, 6) is 1.74. The first-order valence-electron chi connectivity index (χ1n) is 12.3. The van der Waals surface area contributed by atoms with Gasteiger partial charge in [0.15, 0.2) is 5.82 Å². The summed E-state index contributed by atoms with van der Waals surface area (Å²) in [6.45, 7) is 10.2. The van der Waals surface area contributed by atoms with E-state index in [4.69, 9.17) is 14.7 Å². The largest absolute Gasteiger partial charge is 0.379 e. The number of anilines is 1. The molecule has 1 aromatic carbocycles. The van der Waals surface area contributed by atoms with Crippen molar-refractivity contribution in [2.24, 2.45) is 0 Å². The van der Waals surface area contributed by atoms with Crippen molar-refractivity contribution in [3.05, 3.63) is 41.8 Å². The van der Waals surface area contributed by atoms with Gasteiger partial charge in [0.2, 0.25) is 5.91 Å². The maximum Gasteiger partial charge on any atom is 0.221 e. The van der Waals surface area contributed by atoms with Crippen LogP contribution in [-0.2, 0) is 9.53 Å². The predicted molar refractivity (Wildman–Crippen MR) is 139 cm³/mol. The van der Waals surface area contributed by atoms with Crippen LogP contribution in [0, 0.1) is 0 Å². The highest BCUT2D eigenvalue weighted by Gasteiger charge is 2.18. The average Bonchev–Trinajstić information content (AvgIpc) is 3.41. The Kier molecular flexibility index (Phi) is 8.85. The fourth-order valence-corrected chi connectivity index (χ4v) is 4.79. The van der Waals surface area contributed by atoms with E-state index in [2.05, 4.69) is 34.2 Å². The molecule has 0 radical (unpaired) electrons. The molecule has 8 heteroatoms. The Labute approximate surface area is 206 Å². The zero-order valence-corrected chi connectivity index (χ0v) is 21.0. The lowest BCUT2D eigenvalue weighted by Crippen LogP contribution is -2.39. The second kappa shape index (κ2) is 12.2. The van der Waals surface area contributed by atoms with Crippen molar-refractivity contribution >= 4 is 34.0 Å². The number of benzene rings is 1. The molecular weight excluding hydrogens is 446 g/mol. The maximum absolute atomic E-state index is 12.6. The quantitative estimate of drug-likeness (QED) is 0.443. The van der Waals surface area contributed by atoms with E-state index in [9.17, 15) is 4.79 Å². The fraction of sp³-hybridized carbons (Fsp3) is 0.500. The molecule has 34 heavy (non-hydrogen) atoms. The van der Waals surface area contributed by atoms with Gasteiger partial charge in [-0.3, -0.25) is 9.69 Å². The van der Waals surface area contributed by atoms with E-state index in [0.717, 1.165) is 79.7 Å². The Balaban J connectivity index is 1.57. The number of aromatic nitrogens is 2. The van der Waals surface area contributed by atoms with Crippen molar-refractivity contribution in [3.8, 4) is 10.7 Å². The van der Waals surface area contributed by atoms with Gasteiger partial charge in [-0.1, -0.05) is 25.1 Å². The molecule has 1 saturated heterocycles. The van der Waals surface area contributed by atoms with Gasteiger partial charge in [-0.15, -0.1) is 11.3 Å². The highest BCUT2D eigenvalue weighted by atomic mass is 32.1. The topological polar surface area (TPSA) is 70.6 Å². The number of para-hydroxylation sites is 1. The van der Waals surface area contributed by atoms with Crippen LogP contribution in [0.5, 0.6) is 0 Å². The van der Waals surface area contributed by atoms with Gasteiger partial charge in [0, 0.05) is 50.6 Å². The van der Waals surface area contributed by atoms with Crippen molar-refractivity contribution in [2.75, 3.05) is 50.8 Å². The summed E-state index contributed by atoms with van der Waals surface area (Å²) in [5.41, 5.74) is 0.929. The predicted octanol–water partition coefficient (Wildman–Crippen LogP) is 4.19. The summed E-state index contributed by atoms with van der Waals surface area (Å²) in [4.78, 5) is 28.2. The first kappa shape index (κ1) is 24.6. The molecule has 7 nitrogen and oxygen atoms in total. The molecule has 0 aliphatic carbocycles. The third kappa shape index (κ3) is 6.52. The Hall–Kier alpha value is -2.55. The highest BCUT2D eigenvalue weighted by Crippen LogP contribution is 2.29. The van der Waals surface area contributed by atoms with E-state index in [-0.39, 0.29) is 11.9 Å². The van der Waals surface area contributed by atoms with Crippen LogP contribution in [0.3, 0.4) is 0 Å². The smallest absolute Gasteiger partial charge is 0.221 e. The summed E-state index contributed by atoms with van der Waals surface area (Å²) >= 11 is 1.64. The lowest BCUT2D eigenvalue weighted by molar-refractivity contribution is -0.121. The number of carbonyl (C=O) groups excluding carboxylic acids is 1. The molecule has 1 aliphatic heterocycles. The molecule has 1 N–H and O–H groups in total. The summed E-state index contributed by atoms with van der Waals surface area (Å²) in [5, 5.41) is 6.17. The van der Waals surface area contributed by atoms with E-state index >= 15 is 0 Å². The second-order valence-corrected chi connectivity index (χ2v) is 9.73. The minimum atomic E-state index is 0.0874. The number of morpholine rings is 1. The lowest BCUT2D eigenvalue weighted by Gasteiger charge is -2.29. The molecule has 182 valence electrons. The van der Waals surface area contributed by atoms with Crippen molar-refractivity contribution in [1.29, 1.82) is 0 Å². The van der Waals surface area contributed by atoms with E-state index in [1.165, 1.54) is 0 Å². The van der Waals surface area contributed by atoms with Gasteiger partial charge in [0.1, 0.15) is 5.82 Å². The van der Waals surface area contributed by atoms with Crippen molar-refractivity contribution in [1.82, 2.24) is 20.2 Å². The zero-order chi connectivity index (χ0) is 23.8. The third-order valence-corrected chi connectivity index (χ3v) is 7.12. The second-order valence-electron chi connectivity index (χ2n) is 8.79. The van der Waals surface area contributed by atoms with E-state index < -0.39 is 0 Å². The average molecular weight is 482 g/mol. The zero-order valence-electron chi connectivity index (χ0n) is 20.2. The van der Waals surface area contributed by atoms with Gasteiger partial charge in [-0.25, -0.2) is 9.97 Å². The molecule has 1 aliphatic rings. The number of nitrogens with zero attached hydrogens (tertiary/aromatic N) is 4. The molecule has 0 spiro atoms. The van der Waals surface area contributed by atoms with Crippen LogP contribution in [0.25, 0.3) is 21.6 Å². The maximum atomic E-state index is 12.6. The van der Waals surface area contributed by atoms with Gasteiger partial charge in [0.25, 0.3) is 0 Å². The summed E-state index contributed by atoms with van der Waals surface area (Å²) in [6.07, 6.45) is 2.37. The summed E-state index contributed by atoms with van der Waals surface area (Å²) in [7, 11) is 0. The SMILES string of the molecule is CCC(C)NC(=O)CCN(CCCN1CCOCC1)c1nc(-c2cccs2)nc2ccccc12. The molecule has 1 amide bonds. The monoisotopic (exact) mass is 481 g/mol. The molecular formula is C26H35N5O2S. The van der Waals surface area contributed by atoms with Crippen molar-refractivity contribution in [3.63, 3.8) is 0 Å². The molecule has 1 fully saturated rings. The molecule has 3 heterocycles. The van der Waals surface area contributed by atoms with Gasteiger partial charge in [-0.2, -0.15) is 0 Å². The van der Waals surface area contributed by atoms with E-state index in [1.54, 1.807) is 11.3 Å². The molecule has 1 atom stereocenters. The van der Waals surface area contributed by atoms with Gasteiger partial charge in [-0.05, 0) is 43.3 Å². The van der Waals surface area contributed by atoms with Crippen molar-refractivity contribution in [2.45, 2.75) is 39.2 Å². The first-order chi connectivity index (χ1) is 16.6. The van der Waals surface area contributed by atoms with Crippen LogP contribution < -0.4 is 10.2 Å². The number of thiophene rings is 1. The molecule has 0 saturated carbocycles. The number of rotatable bonds is 11. The number of carbonyl (C=O) groups is 1. The van der Waals surface area contributed by atoms with Crippen LogP contribution >= 0.6 is 11.3 Å². The number of ether oxygens (including phenoxy) is 1. The number of amides is 1. The van der Waals surface area contributed by atoms with E-state index in [0.29, 0.717) is 13.0 Å². The van der Waals surface area contributed by atoms with Crippen LogP contribution in [0.15, 0.2) is 41.8 Å². The fourth-order valence-electron chi connectivity index (χ4n) is 4.14. The van der Waals surface area contributed by atoms with E-state index in [1.807, 2.05) is 36.6 Å². The molecule has 3 aromatic rings. The van der Waals surface area contributed by atoms with Gasteiger partial charge in [0.05, 0.1) is 23.6 Å². The molecule has 0 bridgehead atoms. The van der Waals surface area contributed by atoms with Crippen LogP contribution in [-0.4, -0.2) is 72.8 Å². The first-order valence-corrected chi connectivity index (χ1v) is 13.2. The molecule has 4 rings (SSSR count). The van der Waals surface area contributed by atoms with Gasteiger partial charge < -0.3 is 15.0 Å². The molecule has 2 aromatic heterocycles. The minimum Gasteiger partial charge on any atom is -0.379 e. The van der Waals surface area contributed by atoms with Gasteiger partial charge >= 0.3 is 0 Å². The lowest BCUT2D eigenvalue weighted by atomic mass is 10.2. The Morgan fingerprint density at radius 1 is 1.18 bits per heavy atom. The minimum absolute atomic E-state index is 0.0874. The Bertz CT molecular complexity index is 1050. The van der Waals surface area contributed by atoms with Crippen molar-refractivity contribution < 1.29 is 9.53 Å². The summed E-state index contributed by atoms with van der Waals surface area (Å²) < 4.78 is 5.49. The number of nitrogens with one attached hydrogen (secondary N) is 1. The summed E-state index contributed by atoms with van der Waals surface area (Å²) in [6, 6.07) is 12.4. The number of hydrogen-bond donors (Lipinski definition) is 1. The molecule has 1 unspecified atom stereocenters. The standard InChI is InChI=1S/C26H35N5O2S/c1-3-20(2)27-24(32)11-14-31(13-7-12-30-15-17-33-18-16-30)26-21-8-4-5-9-22(21)28-25(29-26)23-10-6-19-34-23/h4-6,8-10,19-20H,3,7,11-18H2,1-2H3,(H,27,32). The number of fused-ring (bicyclic) bond motifs is 1. The van der Waals surface area contributed by atoms with Crippen LogP contribution in [0.4, 0.5) is 5.82 Å². The normalized spacial score (nSPS) is 15.4. The number of hydrogen-bond acceptors (Lipinski definition) is 7. The third-order valence-electron chi connectivity index (χ3n) is 6.26. The Morgan fingerprint density at radius 3 is 2.76 bits per heavy atom. The Morgan fingerprint density at radius 2 is 2.00 bits per heavy atom. The van der Waals surface area contributed by atoms with Crippen LogP contribution in [0.2, 0.25) is 0 Å².